The summed E-state index contributed by atoms with van der Waals surface area (Å²) in [6, 6.07) is 6.71. The number of imide groups is 1. The fourth-order valence-electron chi connectivity index (χ4n) is 2.79. The Kier molecular flexibility index (Phi) is 7.99. The molecule has 0 aliphatic carbocycles. The molecule has 3 rings (SSSR count). The zero-order valence-corrected chi connectivity index (χ0v) is 16.3. The van der Waals surface area contributed by atoms with Crippen LogP contribution in [0.1, 0.15) is 20.7 Å². The van der Waals surface area contributed by atoms with E-state index in [1.165, 1.54) is 4.90 Å². The first kappa shape index (κ1) is 23.3. The van der Waals surface area contributed by atoms with Gasteiger partial charge in [-0.2, -0.15) is 0 Å². The van der Waals surface area contributed by atoms with Crippen LogP contribution in [-0.2, 0) is 0 Å². The van der Waals surface area contributed by atoms with Crippen LogP contribution in [0.3, 0.4) is 0 Å². The molecule has 138 valence electrons. The van der Waals surface area contributed by atoms with E-state index in [2.05, 4.69) is 0 Å². The molecule has 2 amide bonds. The highest BCUT2D eigenvalue weighted by atomic mass is 35.5. The summed E-state index contributed by atoms with van der Waals surface area (Å²) in [5.74, 6) is -0.608. The van der Waals surface area contributed by atoms with Gasteiger partial charge >= 0.3 is 0 Å². The van der Waals surface area contributed by atoms with E-state index in [0.29, 0.717) is 41.0 Å². The molecule has 0 fully saturated rings. The molecule has 0 saturated carbocycles. The van der Waals surface area contributed by atoms with E-state index < -0.39 is 0 Å². The van der Waals surface area contributed by atoms with E-state index in [9.17, 15) is 9.59 Å². The number of hydrogen-bond donors (Lipinski definition) is 2. The maximum Gasteiger partial charge on any atom is 0.261 e. The van der Waals surface area contributed by atoms with Crippen molar-refractivity contribution in [2.45, 2.75) is 0 Å². The predicted octanol–water partition coefficient (Wildman–Crippen LogP) is 2.43. The third-order valence-electron chi connectivity index (χ3n) is 3.82. The Bertz CT molecular complexity index is 755. The van der Waals surface area contributed by atoms with E-state index in [0.717, 1.165) is 5.39 Å². The fourth-order valence-corrected chi connectivity index (χ4v) is 2.79. The molecular formula is C16H21Cl3N4O2. The van der Waals surface area contributed by atoms with Crippen LogP contribution in [0.5, 0.6) is 0 Å². The number of likely N-dealkylation sites (N-methyl/N-ethyl adjacent to an activating group) is 1. The predicted molar refractivity (Wildman–Crippen MR) is 108 cm³/mol. The smallest absolute Gasteiger partial charge is 0.261 e. The van der Waals surface area contributed by atoms with Gasteiger partial charge in [-0.1, -0.05) is 0 Å². The number of anilines is 2. The molecule has 0 bridgehead atoms. The van der Waals surface area contributed by atoms with Crippen LogP contribution >= 0.6 is 37.2 Å². The van der Waals surface area contributed by atoms with E-state index in [-0.39, 0.29) is 49.0 Å². The highest BCUT2D eigenvalue weighted by Crippen LogP contribution is 2.33. The lowest BCUT2D eigenvalue weighted by atomic mass is 9.93. The van der Waals surface area contributed by atoms with Crippen molar-refractivity contribution >= 4 is 71.2 Å². The van der Waals surface area contributed by atoms with Gasteiger partial charge in [0, 0.05) is 29.9 Å². The number of rotatable bonds is 3. The lowest BCUT2D eigenvalue weighted by molar-refractivity contribution is 0.0601. The quantitative estimate of drug-likeness (QED) is 0.602. The minimum Gasteiger partial charge on any atom is -0.399 e. The third kappa shape index (κ3) is 4.10. The summed E-state index contributed by atoms with van der Waals surface area (Å²) < 4.78 is 0. The van der Waals surface area contributed by atoms with E-state index in [1.807, 2.05) is 19.0 Å². The molecule has 1 aliphatic rings. The molecule has 9 heteroatoms. The average Bonchev–Trinajstić information content (AvgIpc) is 2.43. The van der Waals surface area contributed by atoms with Crippen LogP contribution in [0, 0.1) is 0 Å². The van der Waals surface area contributed by atoms with E-state index >= 15 is 0 Å². The van der Waals surface area contributed by atoms with Gasteiger partial charge in [0.1, 0.15) is 0 Å². The molecule has 0 spiro atoms. The maximum atomic E-state index is 12.7. The molecule has 1 heterocycles. The largest absolute Gasteiger partial charge is 0.399 e. The summed E-state index contributed by atoms with van der Waals surface area (Å²) in [5, 5.41) is 1.36. The van der Waals surface area contributed by atoms with Crippen LogP contribution in [0.15, 0.2) is 24.3 Å². The van der Waals surface area contributed by atoms with Crippen molar-refractivity contribution in [3.63, 3.8) is 0 Å². The Morgan fingerprint density at radius 1 is 0.880 bits per heavy atom. The van der Waals surface area contributed by atoms with Crippen molar-refractivity contribution in [3.8, 4) is 0 Å². The second-order valence-corrected chi connectivity index (χ2v) is 5.80. The van der Waals surface area contributed by atoms with Gasteiger partial charge in [-0.15, -0.1) is 37.2 Å². The standard InChI is InChI=1S/C16H18N4O2.3ClH/c1-19(2)3-4-20-15(21)12-7-10(17)5-9-6-11(18)8-13(14(9)12)16(20)22;;;/h5-8H,3-4,17-18H2,1-2H3;3*1H. The van der Waals surface area contributed by atoms with Crippen LogP contribution in [0.4, 0.5) is 11.4 Å². The van der Waals surface area contributed by atoms with Crippen molar-refractivity contribution in [1.29, 1.82) is 0 Å². The molecule has 0 radical (unpaired) electrons. The molecule has 6 nitrogen and oxygen atoms in total. The SMILES string of the molecule is CN(C)CCN1C(=O)c2cc(N)cc3cc(N)cc(c23)C1=O.Cl.Cl.Cl. The van der Waals surface area contributed by atoms with Gasteiger partial charge < -0.3 is 16.4 Å². The van der Waals surface area contributed by atoms with Gasteiger partial charge in [0.05, 0.1) is 11.1 Å². The van der Waals surface area contributed by atoms with E-state index in [1.54, 1.807) is 24.3 Å². The zero-order chi connectivity index (χ0) is 16.0. The van der Waals surface area contributed by atoms with Crippen LogP contribution in [-0.4, -0.2) is 48.8 Å². The summed E-state index contributed by atoms with van der Waals surface area (Å²) in [7, 11) is 3.78. The summed E-state index contributed by atoms with van der Waals surface area (Å²) in [6.45, 7) is 0.926. The molecule has 0 unspecified atom stereocenters. The highest BCUT2D eigenvalue weighted by molar-refractivity contribution is 6.26. The first-order valence-electron chi connectivity index (χ1n) is 7.02. The molecule has 2 aromatic carbocycles. The van der Waals surface area contributed by atoms with Crippen LogP contribution < -0.4 is 11.5 Å². The Balaban J connectivity index is 0.00000192. The summed E-state index contributed by atoms with van der Waals surface area (Å²) in [6.07, 6.45) is 0. The summed E-state index contributed by atoms with van der Waals surface area (Å²) in [4.78, 5) is 28.5. The number of hydrogen-bond acceptors (Lipinski definition) is 5. The van der Waals surface area contributed by atoms with Gasteiger partial charge in [-0.3, -0.25) is 14.5 Å². The van der Waals surface area contributed by atoms with Gasteiger partial charge in [0.25, 0.3) is 11.8 Å². The molecule has 25 heavy (non-hydrogen) atoms. The minimum atomic E-state index is -0.304. The second kappa shape index (κ2) is 8.58. The van der Waals surface area contributed by atoms with Crippen molar-refractivity contribution in [3.05, 3.63) is 35.4 Å². The Labute approximate surface area is 164 Å². The zero-order valence-electron chi connectivity index (χ0n) is 13.8. The number of carbonyl (C=O) groups excluding carboxylic acids is 2. The number of carbonyl (C=O) groups is 2. The third-order valence-corrected chi connectivity index (χ3v) is 3.82. The number of nitrogens with two attached hydrogens (primary N) is 2. The summed E-state index contributed by atoms with van der Waals surface area (Å²) in [5.41, 5.74) is 13.7. The Hall–Kier alpha value is -1.73. The number of nitrogen functional groups attached to an aromatic ring is 2. The topological polar surface area (TPSA) is 92.7 Å². The summed E-state index contributed by atoms with van der Waals surface area (Å²) >= 11 is 0. The molecule has 2 aromatic rings. The lowest BCUT2D eigenvalue weighted by Gasteiger charge is -2.28. The first-order valence-corrected chi connectivity index (χ1v) is 7.02. The monoisotopic (exact) mass is 406 g/mol. The van der Waals surface area contributed by atoms with Crippen molar-refractivity contribution < 1.29 is 9.59 Å². The van der Waals surface area contributed by atoms with Crippen molar-refractivity contribution in [2.24, 2.45) is 0 Å². The number of amides is 2. The Morgan fingerprint density at radius 3 is 1.72 bits per heavy atom. The van der Waals surface area contributed by atoms with Crippen LogP contribution in [0.2, 0.25) is 0 Å². The van der Waals surface area contributed by atoms with Crippen molar-refractivity contribution in [1.82, 2.24) is 9.80 Å². The van der Waals surface area contributed by atoms with Crippen LogP contribution in [0.25, 0.3) is 10.8 Å². The molecular weight excluding hydrogens is 387 g/mol. The molecule has 0 atom stereocenters. The molecule has 0 saturated heterocycles. The Morgan fingerprint density at radius 2 is 1.32 bits per heavy atom. The second-order valence-electron chi connectivity index (χ2n) is 5.80. The van der Waals surface area contributed by atoms with E-state index in [4.69, 9.17) is 11.5 Å². The number of nitrogens with zero attached hydrogens (tertiary/aromatic N) is 2. The fraction of sp³-hybridized carbons (Fsp3) is 0.250. The minimum absolute atomic E-state index is 0. The number of halogens is 3. The number of benzene rings is 2. The van der Waals surface area contributed by atoms with Gasteiger partial charge in [-0.25, -0.2) is 0 Å². The van der Waals surface area contributed by atoms with Gasteiger partial charge in [-0.05, 0) is 43.7 Å². The molecule has 1 aliphatic heterocycles. The molecule has 4 N–H and O–H groups in total. The van der Waals surface area contributed by atoms with Gasteiger partial charge in [0.2, 0.25) is 0 Å². The highest BCUT2D eigenvalue weighted by Gasteiger charge is 2.33. The molecule has 0 aromatic heterocycles. The first-order chi connectivity index (χ1) is 10.4. The maximum absolute atomic E-state index is 12.7. The average molecular weight is 408 g/mol. The van der Waals surface area contributed by atoms with Crippen molar-refractivity contribution in [2.75, 3.05) is 38.7 Å². The van der Waals surface area contributed by atoms with Gasteiger partial charge in [0.15, 0.2) is 0 Å². The normalized spacial score (nSPS) is 12.5. The lowest BCUT2D eigenvalue weighted by Crippen LogP contribution is -2.43.